The lowest BCUT2D eigenvalue weighted by Crippen LogP contribution is -2.52. The largest absolute Gasteiger partial charge is 0.347 e. The number of hydrogen-bond donors (Lipinski definition) is 2. The van der Waals surface area contributed by atoms with Crippen LogP contribution in [0.15, 0.2) is 0 Å². The summed E-state index contributed by atoms with van der Waals surface area (Å²) in [6, 6.07) is -0.0400. The summed E-state index contributed by atoms with van der Waals surface area (Å²) < 4.78 is 0. The second-order valence-corrected chi connectivity index (χ2v) is 5.56. The zero-order chi connectivity index (χ0) is 13.9. The van der Waals surface area contributed by atoms with E-state index in [4.69, 9.17) is 0 Å². The van der Waals surface area contributed by atoms with Gasteiger partial charge in [0.2, 0.25) is 5.91 Å². The fourth-order valence-corrected chi connectivity index (χ4v) is 2.51. The molecule has 1 aliphatic rings. The van der Waals surface area contributed by atoms with Gasteiger partial charge in [0.05, 0.1) is 12.6 Å². The van der Waals surface area contributed by atoms with Crippen LogP contribution in [0.1, 0.15) is 45.9 Å². The molecule has 7 nitrogen and oxygen atoms in total. The number of H-pyrrole nitrogens is 1. The van der Waals surface area contributed by atoms with Crippen molar-refractivity contribution in [1.29, 1.82) is 0 Å². The molecule has 1 saturated heterocycles. The summed E-state index contributed by atoms with van der Waals surface area (Å²) in [5.41, 5.74) is 0.0602. The zero-order valence-electron chi connectivity index (χ0n) is 11.8. The molecule has 1 unspecified atom stereocenters. The van der Waals surface area contributed by atoms with E-state index in [1.165, 1.54) is 0 Å². The Hall–Kier alpha value is -1.50. The summed E-state index contributed by atoms with van der Waals surface area (Å²) in [7, 11) is 0. The minimum absolute atomic E-state index is 0.0400. The van der Waals surface area contributed by atoms with Crippen LogP contribution in [0.3, 0.4) is 0 Å². The van der Waals surface area contributed by atoms with Gasteiger partial charge < -0.3 is 5.32 Å². The Balaban J connectivity index is 1.94. The van der Waals surface area contributed by atoms with Crippen molar-refractivity contribution in [2.75, 3.05) is 6.54 Å². The Bertz CT molecular complexity index is 416. The van der Waals surface area contributed by atoms with E-state index in [2.05, 4.69) is 51.6 Å². The van der Waals surface area contributed by atoms with Crippen LogP contribution in [0.25, 0.3) is 0 Å². The van der Waals surface area contributed by atoms with Crippen molar-refractivity contribution in [1.82, 2.24) is 30.8 Å². The van der Waals surface area contributed by atoms with Gasteiger partial charge in [-0.3, -0.25) is 9.69 Å². The highest BCUT2D eigenvalue weighted by molar-refractivity contribution is 5.82. The van der Waals surface area contributed by atoms with Crippen LogP contribution in [0, 0.1) is 0 Å². The van der Waals surface area contributed by atoms with Crippen molar-refractivity contribution in [2.45, 2.75) is 58.2 Å². The molecule has 106 valence electrons. The number of aromatic nitrogens is 4. The summed E-state index contributed by atoms with van der Waals surface area (Å²) in [6.07, 6.45) is 3.02. The summed E-state index contributed by atoms with van der Waals surface area (Å²) >= 11 is 0. The van der Waals surface area contributed by atoms with E-state index in [-0.39, 0.29) is 17.5 Å². The van der Waals surface area contributed by atoms with Gasteiger partial charge >= 0.3 is 0 Å². The number of tetrazole rings is 1. The third-order valence-corrected chi connectivity index (χ3v) is 4.01. The molecule has 0 bridgehead atoms. The van der Waals surface area contributed by atoms with Gasteiger partial charge in [0, 0.05) is 5.54 Å². The number of rotatable bonds is 5. The molecule has 7 heteroatoms. The van der Waals surface area contributed by atoms with Gasteiger partial charge in [0.25, 0.3) is 0 Å². The highest BCUT2D eigenvalue weighted by atomic mass is 16.2. The maximum atomic E-state index is 12.3. The maximum Gasteiger partial charge on any atom is 0.237 e. The topological polar surface area (TPSA) is 86.8 Å². The zero-order valence-corrected chi connectivity index (χ0v) is 11.8. The molecule has 0 aliphatic carbocycles. The molecule has 1 atom stereocenters. The molecule has 1 amide bonds. The van der Waals surface area contributed by atoms with Gasteiger partial charge in [0.1, 0.15) is 0 Å². The Morgan fingerprint density at radius 3 is 3.00 bits per heavy atom. The second kappa shape index (κ2) is 5.64. The van der Waals surface area contributed by atoms with Gasteiger partial charge in [0.15, 0.2) is 5.82 Å². The SMILES string of the molecule is CCC(C)(C)N1CCCC1C(=O)NCc1nn[nH]n1. The van der Waals surface area contributed by atoms with Gasteiger partial charge in [-0.2, -0.15) is 5.21 Å². The van der Waals surface area contributed by atoms with Gasteiger partial charge in [-0.25, -0.2) is 0 Å². The minimum atomic E-state index is -0.0400. The smallest absolute Gasteiger partial charge is 0.237 e. The standard InChI is InChI=1S/C12H22N6O/c1-4-12(2,3)18-7-5-6-9(18)11(19)13-8-10-14-16-17-15-10/h9H,4-8H2,1-3H3,(H,13,19)(H,14,15,16,17). The average Bonchev–Trinajstić information content (AvgIpc) is 3.06. The monoisotopic (exact) mass is 266 g/mol. The van der Waals surface area contributed by atoms with E-state index in [9.17, 15) is 4.79 Å². The predicted molar refractivity (Wildman–Crippen MR) is 70.1 cm³/mol. The number of nitrogens with zero attached hydrogens (tertiary/aromatic N) is 4. The van der Waals surface area contributed by atoms with Crippen LogP contribution in [0.4, 0.5) is 0 Å². The Morgan fingerprint density at radius 1 is 1.58 bits per heavy atom. The Labute approximate surface area is 113 Å². The van der Waals surface area contributed by atoms with Crippen LogP contribution < -0.4 is 5.32 Å². The van der Waals surface area contributed by atoms with E-state index >= 15 is 0 Å². The summed E-state index contributed by atoms with van der Waals surface area (Å²) in [5, 5.41) is 16.4. The first-order chi connectivity index (χ1) is 9.04. The quantitative estimate of drug-likeness (QED) is 0.809. The molecule has 0 saturated carbocycles. The molecule has 0 radical (unpaired) electrons. The first-order valence-electron chi connectivity index (χ1n) is 6.81. The number of aromatic amines is 1. The molecule has 2 heterocycles. The number of likely N-dealkylation sites (tertiary alicyclic amines) is 1. The van der Waals surface area contributed by atoms with E-state index < -0.39 is 0 Å². The number of carbonyl (C=O) groups is 1. The molecule has 19 heavy (non-hydrogen) atoms. The van der Waals surface area contributed by atoms with Crippen LogP contribution >= 0.6 is 0 Å². The highest BCUT2D eigenvalue weighted by Crippen LogP contribution is 2.28. The maximum absolute atomic E-state index is 12.3. The number of nitrogens with one attached hydrogen (secondary N) is 2. The fourth-order valence-electron chi connectivity index (χ4n) is 2.51. The third kappa shape index (κ3) is 3.09. The van der Waals surface area contributed by atoms with Gasteiger partial charge in [-0.15, -0.1) is 10.2 Å². The third-order valence-electron chi connectivity index (χ3n) is 4.01. The molecule has 0 aromatic carbocycles. The molecular weight excluding hydrogens is 244 g/mol. The second-order valence-electron chi connectivity index (χ2n) is 5.56. The van der Waals surface area contributed by atoms with E-state index in [1.54, 1.807) is 0 Å². The Kier molecular flexibility index (Phi) is 4.14. The molecule has 1 aliphatic heterocycles. The van der Waals surface area contributed by atoms with Gasteiger partial charge in [-0.05, 0) is 39.7 Å². The van der Waals surface area contributed by atoms with Crippen molar-refractivity contribution in [3.05, 3.63) is 5.82 Å². The minimum Gasteiger partial charge on any atom is -0.347 e. The van der Waals surface area contributed by atoms with E-state index in [0.717, 1.165) is 25.8 Å². The van der Waals surface area contributed by atoms with Crippen molar-refractivity contribution < 1.29 is 4.79 Å². The van der Waals surface area contributed by atoms with Crippen LogP contribution in [-0.2, 0) is 11.3 Å². The highest BCUT2D eigenvalue weighted by Gasteiger charge is 2.38. The van der Waals surface area contributed by atoms with Crippen molar-refractivity contribution in [2.24, 2.45) is 0 Å². The van der Waals surface area contributed by atoms with Crippen LogP contribution in [-0.4, -0.2) is 49.6 Å². The fraction of sp³-hybridized carbons (Fsp3) is 0.833. The molecule has 2 N–H and O–H groups in total. The molecule has 0 spiro atoms. The first-order valence-corrected chi connectivity index (χ1v) is 6.81. The summed E-state index contributed by atoms with van der Waals surface area (Å²) in [4.78, 5) is 14.6. The van der Waals surface area contributed by atoms with Gasteiger partial charge in [-0.1, -0.05) is 12.1 Å². The van der Waals surface area contributed by atoms with Crippen LogP contribution in [0.5, 0.6) is 0 Å². The lowest BCUT2D eigenvalue weighted by atomic mass is 9.98. The normalized spacial score (nSPS) is 20.7. The molecular formula is C12H22N6O. The molecule has 1 aromatic rings. The molecule has 2 rings (SSSR count). The summed E-state index contributed by atoms with van der Waals surface area (Å²) in [6.45, 7) is 7.86. The lowest BCUT2D eigenvalue weighted by Gasteiger charge is -2.38. The van der Waals surface area contributed by atoms with Crippen molar-refractivity contribution in [3.8, 4) is 0 Å². The van der Waals surface area contributed by atoms with Crippen LogP contribution in [0.2, 0.25) is 0 Å². The molecule has 1 fully saturated rings. The van der Waals surface area contributed by atoms with E-state index in [0.29, 0.717) is 12.4 Å². The Morgan fingerprint density at radius 2 is 2.37 bits per heavy atom. The van der Waals surface area contributed by atoms with Crippen molar-refractivity contribution >= 4 is 5.91 Å². The first kappa shape index (κ1) is 13.9. The lowest BCUT2D eigenvalue weighted by molar-refractivity contribution is -0.127. The number of hydrogen-bond acceptors (Lipinski definition) is 5. The number of carbonyl (C=O) groups excluding carboxylic acids is 1. The van der Waals surface area contributed by atoms with E-state index in [1.807, 2.05) is 0 Å². The summed E-state index contributed by atoms with van der Waals surface area (Å²) in [5.74, 6) is 0.566. The predicted octanol–water partition coefficient (Wildman–Crippen LogP) is 0.469. The molecule has 1 aromatic heterocycles. The average molecular weight is 266 g/mol. The van der Waals surface area contributed by atoms with Crippen molar-refractivity contribution in [3.63, 3.8) is 0 Å². The number of amides is 1.